The van der Waals surface area contributed by atoms with E-state index in [-0.39, 0.29) is 22.8 Å². The second kappa shape index (κ2) is 13.8. The highest BCUT2D eigenvalue weighted by Crippen LogP contribution is 2.26. The molecule has 40 heavy (non-hydrogen) atoms. The summed E-state index contributed by atoms with van der Waals surface area (Å²) in [4.78, 5) is 39.6. The monoisotopic (exact) mass is 613 g/mol. The molecule has 1 unspecified atom stereocenters. The fourth-order valence-electron chi connectivity index (χ4n) is 3.75. The second-order valence-corrected chi connectivity index (χ2v) is 11.4. The highest BCUT2D eigenvalue weighted by atomic mass is 79.9. The van der Waals surface area contributed by atoms with Crippen LogP contribution in [0, 0.1) is 6.92 Å². The summed E-state index contributed by atoms with van der Waals surface area (Å²) in [5.41, 5.74) is 3.69. The summed E-state index contributed by atoms with van der Waals surface area (Å²) >= 11 is 4.86. The number of hydrogen-bond donors (Lipinski definition) is 3. The van der Waals surface area contributed by atoms with Gasteiger partial charge in [-0.3, -0.25) is 14.4 Å². The Morgan fingerprint density at radius 3 is 2.23 bits per heavy atom. The van der Waals surface area contributed by atoms with Crippen molar-refractivity contribution in [3.05, 3.63) is 130 Å². The first-order valence-electron chi connectivity index (χ1n) is 12.6. The van der Waals surface area contributed by atoms with Crippen molar-refractivity contribution in [3.63, 3.8) is 0 Å². The van der Waals surface area contributed by atoms with Crippen LogP contribution in [0.5, 0.6) is 0 Å². The highest BCUT2D eigenvalue weighted by molar-refractivity contribution is 9.10. The van der Waals surface area contributed by atoms with Crippen molar-refractivity contribution in [1.29, 1.82) is 0 Å². The van der Waals surface area contributed by atoms with Crippen LogP contribution in [0.25, 0.3) is 6.08 Å². The first kappa shape index (κ1) is 28.9. The molecule has 202 valence electrons. The zero-order valence-electron chi connectivity index (χ0n) is 22.0. The van der Waals surface area contributed by atoms with Crippen molar-refractivity contribution in [2.24, 2.45) is 0 Å². The van der Waals surface area contributed by atoms with Gasteiger partial charge in [-0.05, 0) is 91.7 Å². The molecule has 0 aliphatic rings. The standard InChI is InChI=1S/C32H28BrN3O3S/c1-21-8-6-13-27(18-21)35-30(37)22(2)40-28-16-14-26(15-17-28)34-32(39)29(20-23-9-7-12-25(33)19-23)36-31(38)24-10-4-3-5-11-24/h3-20,22H,1-2H3,(H,34,39)(H,35,37)(H,36,38)/b29-20-. The van der Waals surface area contributed by atoms with Crippen LogP contribution < -0.4 is 16.0 Å². The molecule has 0 saturated heterocycles. The van der Waals surface area contributed by atoms with Gasteiger partial charge in [-0.25, -0.2) is 0 Å². The third-order valence-electron chi connectivity index (χ3n) is 5.77. The Hall–Kier alpha value is -4.14. The molecule has 0 fully saturated rings. The van der Waals surface area contributed by atoms with Gasteiger partial charge in [0.2, 0.25) is 5.91 Å². The van der Waals surface area contributed by atoms with Gasteiger partial charge in [0, 0.05) is 26.3 Å². The SMILES string of the molecule is Cc1cccc(NC(=O)C(C)Sc2ccc(NC(=O)/C(=C/c3cccc(Br)c3)NC(=O)c3ccccc3)cc2)c1. The summed E-state index contributed by atoms with van der Waals surface area (Å²) in [5, 5.41) is 8.21. The zero-order chi connectivity index (χ0) is 28.5. The average molecular weight is 615 g/mol. The molecular formula is C32H28BrN3O3S. The number of carbonyl (C=O) groups is 3. The molecule has 0 bridgehead atoms. The molecular weight excluding hydrogens is 586 g/mol. The van der Waals surface area contributed by atoms with E-state index in [0.717, 1.165) is 26.2 Å². The lowest BCUT2D eigenvalue weighted by atomic mass is 10.1. The Morgan fingerprint density at radius 1 is 0.800 bits per heavy atom. The molecule has 3 N–H and O–H groups in total. The summed E-state index contributed by atoms with van der Waals surface area (Å²) in [5.74, 6) is -0.943. The summed E-state index contributed by atoms with van der Waals surface area (Å²) < 4.78 is 0.852. The van der Waals surface area contributed by atoms with E-state index in [1.165, 1.54) is 11.8 Å². The van der Waals surface area contributed by atoms with Gasteiger partial charge in [0.1, 0.15) is 5.70 Å². The number of amides is 3. The van der Waals surface area contributed by atoms with Crippen LogP contribution in [-0.4, -0.2) is 23.0 Å². The lowest BCUT2D eigenvalue weighted by molar-refractivity contribution is -0.115. The number of benzene rings is 4. The summed E-state index contributed by atoms with van der Waals surface area (Å²) in [6, 6.07) is 31.0. The van der Waals surface area contributed by atoms with Crippen molar-refractivity contribution in [2.75, 3.05) is 10.6 Å². The lowest BCUT2D eigenvalue weighted by Gasteiger charge is -2.14. The van der Waals surface area contributed by atoms with Gasteiger partial charge in [0.15, 0.2) is 0 Å². The maximum absolute atomic E-state index is 13.3. The largest absolute Gasteiger partial charge is 0.325 e. The van der Waals surface area contributed by atoms with E-state index in [1.807, 2.05) is 80.6 Å². The molecule has 0 aliphatic heterocycles. The van der Waals surface area contributed by atoms with Gasteiger partial charge in [-0.2, -0.15) is 0 Å². The van der Waals surface area contributed by atoms with E-state index in [0.29, 0.717) is 11.3 Å². The number of thioether (sulfide) groups is 1. The van der Waals surface area contributed by atoms with Gasteiger partial charge in [-0.15, -0.1) is 11.8 Å². The number of halogens is 1. The maximum atomic E-state index is 13.3. The first-order valence-corrected chi connectivity index (χ1v) is 14.2. The number of anilines is 2. The van der Waals surface area contributed by atoms with Crippen LogP contribution in [-0.2, 0) is 9.59 Å². The van der Waals surface area contributed by atoms with Crippen LogP contribution in [0.2, 0.25) is 0 Å². The number of rotatable bonds is 9. The third-order valence-corrected chi connectivity index (χ3v) is 7.37. The van der Waals surface area contributed by atoms with Gasteiger partial charge in [0.05, 0.1) is 5.25 Å². The van der Waals surface area contributed by atoms with E-state index in [2.05, 4.69) is 31.9 Å². The smallest absolute Gasteiger partial charge is 0.272 e. The Balaban J connectivity index is 1.43. The van der Waals surface area contributed by atoms with Gasteiger partial charge >= 0.3 is 0 Å². The van der Waals surface area contributed by atoms with Gasteiger partial charge in [-0.1, -0.05) is 58.4 Å². The summed E-state index contributed by atoms with van der Waals surface area (Å²) in [6.45, 7) is 3.82. The Bertz CT molecular complexity index is 1540. The van der Waals surface area contributed by atoms with Crippen molar-refractivity contribution >= 4 is 62.9 Å². The lowest BCUT2D eigenvalue weighted by Crippen LogP contribution is -2.30. The minimum atomic E-state index is -0.462. The minimum Gasteiger partial charge on any atom is -0.325 e. The molecule has 4 aromatic carbocycles. The molecule has 8 heteroatoms. The fraction of sp³-hybridized carbons (Fsp3) is 0.0938. The molecule has 0 heterocycles. The molecule has 0 saturated carbocycles. The quantitative estimate of drug-likeness (QED) is 0.137. The summed E-state index contributed by atoms with van der Waals surface area (Å²) in [6.07, 6.45) is 1.62. The van der Waals surface area contributed by atoms with Crippen molar-refractivity contribution in [3.8, 4) is 0 Å². The predicted molar refractivity (Wildman–Crippen MR) is 166 cm³/mol. The molecule has 0 aromatic heterocycles. The average Bonchev–Trinajstić information content (AvgIpc) is 2.94. The number of carbonyl (C=O) groups excluding carboxylic acids is 3. The Labute approximate surface area is 246 Å². The maximum Gasteiger partial charge on any atom is 0.272 e. The predicted octanol–water partition coefficient (Wildman–Crippen LogP) is 7.29. The minimum absolute atomic E-state index is 0.0931. The van der Waals surface area contributed by atoms with E-state index in [9.17, 15) is 14.4 Å². The van der Waals surface area contributed by atoms with E-state index in [1.54, 1.807) is 42.5 Å². The molecule has 3 amide bonds. The molecule has 6 nitrogen and oxygen atoms in total. The van der Waals surface area contributed by atoms with Crippen LogP contribution in [0.15, 0.2) is 118 Å². The first-order chi connectivity index (χ1) is 19.3. The highest BCUT2D eigenvalue weighted by Gasteiger charge is 2.17. The fourth-order valence-corrected chi connectivity index (χ4v) is 5.03. The van der Waals surface area contributed by atoms with Crippen LogP contribution in [0.4, 0.5) is 11.4 Å². The normalized spacial score (nSPS) is 11.8. The molecule has 0 spiro atoms. The molecule has 0 aliphatic carbocycles. The number of nitrogens with one attached hydrogen (secondary N) is 3. The van der Waals surface area contributed by atoms with E-state index < -0.39 is 5.91 Å². The van der Waals surface area contributed by atoms with Crippen molar-refractivity contribution < 1.29 is 14.4 Å². The molecule has 4 rings (SSSR count). The Kier molecular flexibility index (Phi) is 9.94. The van der Waals surface area contributed by atoms with Crippen LogP contribution in [0.1, 0.15) is 28.4 Å². The second-order valence-electron chi connectivity index (χ2n) is 9.03. The molecule has 0 radical (unpaired) electrons. The van der Waals surface area contributed by atoms with Gasteiger partial charge in [0.25, 0.3) is 11.8 Å². The summed E-state index contributed by atoms with van der Waals surface area (Å²) in [7, 11) is 0. The third kappa shape index (κ3) is 8.43. The molecule has 1 atom stereocenters. The van der Waals surface area contributed by atoms with Crippen LogP contribution in [0.3, 0.4) is 0 Å². The van der Waals surface area contributed by atoms with Crippen molar-refractivity contribution in [2.45, 2.75) is 24.0 Å². The van der Waals surface area contributed by atoms with Crippen LogP contribution >= 0.6 is 27.7 Å². The number of aryl methyl sites for hydroxylation is 1. The molecule has 4 aromatic rings. The van der Waals surface area contributed by atoms with E-state index in [4.69, 9.17) is 0 Å². The topological polar surface area (TPSA) is 87.3 Å². The number of hydrogen-bond acceptors (Lipinski definition) is 4. The van der Waals surface area contributed by atoms with Crippen molar-refractivity contribution in [1.82, 2.24) is 5.32 Å². The Morgan fingerprint density at radius 2 is 1.52 bits per heavy atom. The van der Waals surface area contributed by atoms with E-state index >= 15 is 0 Å². The van der Waals surface area contributed by atoms with Gasteiger partial charge < -0.3 is 16.0 Å². The zero-order valence-corrected chi connectivity index (χ0v) is 24.4.